The molecule has 0 aliphatic carbocycles. The summed E-state index contributed by atoms with van der Waals surface area (Å²) in [5.74, 6) is 1.85. The third kappa shape index (κ3) is 5.23. The van der Waals surface area contributed by atoms with E-state index in [0.29, 0.717) is 11.9 Å². The van der Waals surface area contributed by atoms with Crippen molar-refractivity contribution in [3.8, 4) is 0 Å². The number of amides is 1. The average molecular weight is 372 g/mol. The minimum absolute atomic E-state index is 0.0447. The number of carbonyl (C=O) groups is 1. The fraction of sp³-hybridized carbons (Fsp3) is 0.500. The third-order valence-electron chi connectivity index (χ3n) is 4.68. The van der Waals surface area contributed by atoms with Gasteiger partial charge < -0.3 is 24.7 Å². The standard InChI is InChI=1S/C20H28N4O3/c1-14(18-10-16-6-4-5-7-17(16)27-18)23-20(22-12-19(25)24(2)3)21-11-15-8-9-26-13-15/h4-7,10,14-15H,8-9,11-13H2,1-3H3,(H2,21,22,23). The Labute approximate surface area is 159 Å². The van der Waals surface area contributed by atoms with E-state index in [0.717, 1.165) is 42.9 Å². The SMILES string of the molecule is CC(NC(=NCC(=O)N(C)C)NCC1CCOC1)c1cc2ccccc2o1. The zero-order valence-corrected chi connectivity index (χ0v) is 16.2. The van der Waals surface area contributed by atoms with Gasteiger partial charge in [-0.1, -0.05) is 18.2 Å². The van der Waals surface area contributed by atoms with Gasteiger partial charge in [-0.2, -0.15) is 0 Å². The first-order valence-electron chi connectivity index (χ1n) is 9.34. The maximum atomic E-state index is 11.9. The molecule has 0 spiro atoms. The Bertz CT molecular complexity index is 760. The summed E-state index contributed by atoms with van der Waals surface area (Å²) in [5.41, 5.74) is 0.860. The number of para-hydroxylation sites is 1. The van der Waals surface area contributed by atoms with Crippen molar-refractivity contribution in [2.45, 2.75) is 19.4 Å². The van der Waals surface area contributed by atoms with Gasteiger partial charge in [0.25, 0.3) is 0 Å². The van der Waals surface area contributed by atoms with Crippen LogP contribution in [0.5, 0.6) is 0 Å². The van der Waals surface area contributed by atoms with Gasteiger partial charge in [0.15, 0.2) is 5.96 Å². The first-order valence-corrected chi connectivity index (χ1v) is 9.34. The quantitative estimate of drug-likeness (QED) is 0.600. The number of nitrogens with zero attached hydrogens (tertiary/aromatic N) is 2. The predicted molar refractivity (Wildman–Crippen MR) is 106 cm³/mol. The normalized spacial score (nSPS) is 18.5. The highest BCUT2D eigenvalue weighted by Gasteiger charge is 2.18. The molecule has 1 aliphatic rings. The van der Waals surface area contributed by atoms with Crippen LogP contribution in [-0.2, 0) is 9.53 Å². The molecule has 7 nitrogen and oxygen atoms in total. The zero-order valence-electron chi connectivity index (χ0n) is 16.2. The Morgan fingerprint density at radius 1 is 1.37 bits per heavy atom. The second kappa shape index (κ2) is 8.90. The molecule has 1 aliphatic heterocycles. The van der Waals surface area contributed by atoms with E-state index in [1.54, 1.807) is 14.1 Å². The van der Waals surface area contributed by atoms with Gasteiger partial charge in [-0.15, -0.1) is 0 Å². The highest BCUT2D eigenvalue weighted by molar-refractivity contribution is 5.85. The molecular weight excluding hydrogens is 344 g/mol. The lowest BCUT2D eigenvalue weighted by atomic mass is 10.1. The van der Waals surface area contributed by atoms with Crippen molar-refractivity contribution in [3.05, 3.63) is 36.1 Å². The molecule has 2 unspecified atom stereocenters. The summed E-state index contributed by atoms with van der Waals surface area (Å²) in [6.07, 6.45) is 1.04. The van der Waals surface area contributed by atoms with Crippen LogP contribution in [0.2, 0.25) is 0 Å². The van der Waals surface area contributed by atoms with Crippen molar-refractivity contribution in [3.63, 3.8) is 0 Å². The minimum atomic E-state index is -0.0852. The topological polar surface area (TPSA) is 79.1 Å². The van der Waals surface area contributed by atoms with Gasteiger partial charge in [-0.05, 0) is 25.5 Å². The molecule has 3 rings (SSSR count). The molecule has 27 heavy (non-hydrogen) atoms. The summed E-state index contributed by atoms with van der Waals surface area (Å²) in [6.45, 7) is 4.43. The van der Waals surface area contributed by atoms with Crippen LogP contribution in [0.3, 0.4) is 0 Å². The second-order valence-electron chi connectivity index (χ2n) is 7.12. The highest BCUT2D eigenvalue weighted by atomic mass is 16.5. The molecule has 1 amide bonds. The zero-order chi connectivity index (χ0) is 19.2. The molecule has 2 N–H and O–H groups in total. The van der Waals surface area contributed by atoms with Crippen LogP contribution in [0.25, 0.3) is 11.0 Å². The number of carbonyl (C=O) groups excluding carboxylic acids is 1. The lowest BCUT2D eigenvalue weighted by Crippen LogP contribution is -2.42. The molecule has 146 valence electrons. The number of ether oxygens (including phenoxy) is 1. The largest absolute Gasteiger partial charge is 0.459 e. The van der Waals surface area contributed by atoms with Gasteiger partial charge in [0.1, 0.15) is 17.9 Å². The Kier molecular flexibility index (Phi) is 6.34. The Hall–Kier alpha value is -2.54. The van der Waals surface area contributed by atoms with E-state index in [2.05, 4.69) is 15.6 Å². The molecule has 1 saturated heterocycles. The Morgan fingerprint density at radius 2 is 2.19 bits per heavy atom. The van der Waals surface area contributed by atoms with Crippen molar-refractivity contribution in [1.29, 1.82) is 0 Å². The first kappa shape index (κ1) is 19.2. The van der Waals surface area contributed by atoms with Gasteiger partial charge in [0, 0.05) is 38.6 Å². The number of furan rings is 1. The van der Waals surface area contributed by atoms with Crippen molar-refractivity contribution >= 4 is 22.8 Å². The maximum absolute atomic E-state index is 11.9. The maximum Gasteiger partial charge on any atom is 0.243 e. The first-order chi connectivity index (χ1) is 13.0. The van der Waals surface area contributed by atoms with Gasteiger partial charge in [-0.3, -0.25) is 4.79 Å². The lowest BCUT2D eigenvalue weighted by Gasteiger charge is -2.19. The van der Waals surface area contributed by atoms with Crippen LogP contribution in [-0.4, -0.2) is 57.2 Å². The molecule has 0 radical (unpaired) electrons. The molecule has 2 atom stereocenters. The van der Waals surface area contributed by atoms with E-state index in [9.17, 15) is 4.79 Å². The fourth-order valence-electron chi connectivity index (χ4n) is 2.92. The van der Waals surface area contributed by atoms with E-state index in [-0.39, 0.29) is 18.5 Å². The van der Waals surface area contributed by atoms with Crippen molar-refractivity contribution in [1.82, 2.24) is 15.5 Å². The predicted octanol–water partition coefficient (Wildman–Crippen LogP) is 2.15. The molecule has 1 aromatic carbocycles. The number of likely N-dealkylation sites (N-methyl/N-ethyl adjacent to an activating group) is 1. The second-order valence-corrected chi connectivity index (χ2v) is 7.12. The summed E-state index contributed by atoms with van der Waals surface area (Å²) in [5, 5.41) is 7.75. The number of hydrogen-bond acceptors (Lipinski definition) is 4. The van der Waals surface area contributed by atoms with Crippen LogP contribution < -0.4 is 10.6 Å². The molecule has 2 heterocycles. The number of guanidine groups is 1. The van der Waals surface area contributed by atoms with Gasteiger partial charge >= 0.3 is 0 Å². The van der Waals surface area contributed by atoms with Gasteiger partial charge in [-0.25, -0.2) is 4.99 Å². The minimum Gasteiger partial charge on any atom is -0.459 e. The smallest absolute Gasteiger partial charge is 0.243 e. The molecule has 0 saturated carbocycles. The highest BCUT2D eigenvalue weighted by Crippen LogP contribution is 2.23. The van der Waals surface area contributed by atoms with Gasteiger partial charge in [0.2, 0.25) is 5.91 Å². The number of benzene rings is 1. The average Bonchev–Trinajstić information content (AvgIpc) is 3.32. The number of nitrogens with one attached hydrogen (secondary N) is 2. The number of hydrogen-bond donors (Lipinski definition) is 2. The molecule has 7 heteroatoms. The van der Waals surface area contributed by atoms with Crippen LogP contribution >= 0.6 is 0 Å². The molecule has 2 aromatic rings. The van der Waals surface area contributed by atoms with Crippen LogP contribution in [0.1, 0.15) is 25.1 Å². The van der Waals surface area contributed by atoms with E-state index >= 15 is 0 Å². The van der Waals surface area contributed by atoms with Crippen LogP contribution in [0.15, 0.2) is 39.7 Å². The summed E-state index contributed by atoms with van der Waals surface area (Å²) in [7, 11) is 3.45. The summed E-state index contributed by atoms with van der Waals surface area (Å²) in [4.78, 5) is 17.9. The number of fused-ring (bicyclic) bond motifs is 1. The third-order valence-corrected chi connectivity index (χ3v) is 4.68. The monoisotopic (exact) mass is 372 g/mol. The van der Waals surface area contributed by atoms with Crippen LogP contribution in [0.4, 0.5) is 0 Å². The van der Waals surface area contributed by atoms with Crippen molar-refractivity contribution < 1.29 is 13.9 Å². The van der Waals surface area contributed by atoms with E-state index < -0.39 is 0 Å². The Morgan fingerprint density at radius 3 is 2.89 bits per heavy atom. The summed E-state index contributed by atoms with van der Waals surface area (Å²) in [6, 6.07) is 9.87. The molecule has 1 aromatic heterocycles. The van der Waals surface area contributed by atoms with E-state index in [1.165, 1.54) is 4.90 Å². The number of rotatable bonds is 6. The van der Waals surface area contributed by atoms with Crippen LogP contribution in [0, 0.1) is 5.92 Å². The molecule has 1 fully saturated rings. The molecular formula is C20H28N4O3. The van der Waals surface area contributed by atoms with Crippen molar-refractivity contribution in [2.24, 2.45) is 10.9 Å². The molecule has 0 bridgehead atoms. The Balaban J connectivity index is 1.67. The summed E-state index contributed by atoms with van der Waals surface area (Å²) < 4.78 is 11.4. The van der Waals surface area contributed by atoms with Crippen molar-refractivity contribution in [2.75, 3.05) is 40.4 Å². The van der Waals surface area contributed by atoms with Gasteiger partial charge in [0.05, 0.1) is 12.6 Å². The van der Waals surface area contributed by atoms with E-state index in [1.807, 2.05) is 37.3 Å². The fourth-order valence-corrected chi connectivity index (χ4v) is 2.92. The summed E-state index contributed by atoms with van der Waals surface area (Å²) >= 11 is 0. The lowest BCUT2D eigenvalue weighted by molar-refractivity contribution is -0.127. The van der Waals surface area contributed by atoms with E-state index in [4.69, 9.17) is 9.15 Å². The number of aliphatic imine (C=N–C) groups is 1.